The Labute approximate surface area is 112 Å². The molecule has 0 aliphatic heterocycles. The highest BCUT2D eigenvalue weighted by Crippen LogP contribution is 2.20. The zero-order chi connectivity index (χ0) is 13.8. The Morgan fingerprint density at radius 3 is 2.67 bits per heavy atom. The van der Waals surface area contributed by atoms with Gasteiger partial charge in [-0.25, -0.2) is 12.7 Å². The van der Waals surface area contributed by atoms with Gasteiger partial charge in [-0.3, -0.25) is 0 Å². The van der Waals surface area contributed by atoms with Crippen molar-refractivity contribution in [1.29, 1.82) is 0 Å². The third-order valence-corrected chi connectivity index (χ3v) is 4.52. The average molecular weight is 293 g/mol. The van der Waals surface area contributed by atoms with Gasteiger partial charge in [0.15, 0.2) is 0 Å². The van der Waals surface area contributed by atoms with Crippen LogP contribution < -0.4 is 5.32 Å². The Morgan fingerprint density at radius 1 is 1.39 bits per heavy atom. The normalized spacial score (nSPS) is 12.0. The molecule has 0 fully saturated rings. The van der Waals surface area contributed by atoms with Crippen LogP contribution in [-0.2, 0) is 16.6 Å². The van der Waals surface area contributed by atoms with Gasteiger partial charge in [0.2, 0.25) is 10.0 Å². The van der Waals surface area contributed by atoms with E-state index >= 15 is 0 Å². The first kappa shape index (κ1) is 15.2. The molecule has 5 nitrogen and oxygen atoms in total. The molecule has 0 unspecified atom stereocenters. The fraction of sp³-hybridized carbons (Fsp3) is 0.455. The third-order valence-electron chi connectivity index (χ3n) is 2.45. The van der Waals surface area contributed by atoms with Crippen LogP contribution in [0.4, 0.5) is 0 Å². The molecule has 0 heterocycles. The van der Waals surface area contributed by atoms with Gasteiger partial charge in [-0.1, -0.05) is 11.6 Å². The highest BCUT2D eigenvalue weighted by Gasteiger charge is 2.12. The van der Waals surface area contributed by atoms with Crippen LogP contribution in [0.1, 0.15) is 5.56 Å². The molecule has 0 aromatic heterocycles. The molecule has 1 rings (SSSR count). The van der Waals surface area contributed by atoms with E-state index in [1.165, 1.54) is 24.5 Å². The summed E-state index contributed by atoms with van der Waals surface area (Å²) in [6.45, 7) is 0.682. The SMILES string of the molecule is CN(C)S(=O)(=O)CCNCc1cc(Cl)ccc1O. The molecule has 7 heteroatoms. The number of nitrogens with zero attached hydrogens (tertiary/aromatic N) is 1. The molecule has 0 aliphatic rings. The molecule has 1 aromatic carbocycles. The molecule has 0 bridgehead atoms. The number of aromatic hydroxyl groups is 1. The van der Waals surface area contributed by atoms with Gasteiger partial charge in [-0.15, -0.1) is 0 Å². The number of hydrogen-bond acceptors (Lipinski definition) is 4. The van der Waals surface area contributed by atoms with E-state index in [0.717, 1.165) is 0 Å². The van der Waals surface area contributed by atoms with Crippen molar-refractivity contribution in [2.24, 2.45) is 0 Å². The smallest absolute Gasteiger partial charge is 0.214 e. The molecule has 0 saturated heterocycles. The van der Waals surface area contributed by atoms with E-state index < -0.39 is 10.0 Å². The summed E-state index contributed by atoms with van der Waals surface area (Å²) in [6.07, 6.45) is 0. The van der Waals surface area contributed by atoms with Crippen molar-refractivity contribution in [3.63, 3.8) is 0 Å². The van der Waals surface area contributed by atoms with Gasteiger partial charge in [0.25, 0.3) is 0 Å². The summed E-state index contributed by atoms with van der Waals surface area (Å²) >= 11 is 5.80. The average Bonchev–Trinajstić information content (AvgIpc) is 2.28. The lowest BCUT2D eigenvalue weighted by Gasteiger charge is -2.12. The lowest BCUT2D eigenvalue weighted by molar-refractivity contribution is 0.465. The van der Waals surface area contributed by atoms with Crippen molar-refractivity contribution in [3.8, 4) is 5.75 Å². The van der Waals surface area contributed by atoms with Crippen LogP contribution in [0.5, 0.6) is 5.75 Å². The molecular formula is C11H17ClN2O3S. The third kappa shape index (κ3) is 4.45. The highest BCUT2D eigenvalue weighted by atomic mass is 35.5. The maximum Gasteiger partial charge on any atom is 0.214 e. The zero-order valence-electron chi connectivity index (χ0n) is 10.4. The first-order valence-electron chi connectivity index (χ1n) is 5.41. The number of nitrogens with one attached hydrogen (secondary N) is 1. The van der Waals surface area contributed by atoms with Gasteiger partial charge in [0.05, 0.1) is 5.75 Å². The second kappa shape index (κ2) is 6.38. The predicted octanol–water partition coefficient (Wildman–Crippen LogP) is 1.03. The summed E-state index contributed by atoms with van der Waals surface area (Å²) in [5, 5.41) is 13.0. The minimum Gasteiger partial charge on any atom is -0.508 e. The number of halogens is 1. The fourth-order valence-electron chi connectivity index (χ4n) is 1.30. The Morgan fingerprint density at radius 2 is 2.06 bits per heavy atom. The molecule has 0 radical (unpaired) electrons. The number of sulfonamides is 1. The van der Waals surface area contributed by atoms with E-state index in [2.05, 4.69) is 5.32 Å². The molecule has 0 aliphatic carbocycles. The molecule has 18 heavy (non-hydrogen) atoms. The van der Waals surface area contributed by atoms with Crippen LogP contribution in [0.25, 0.3) is 0 Å². The monoisotopic (exact) mass is 292 g/mol. The molecule has 1 aromatic rings. The van der Waals surface area contributed by atoms with E-state index in [4.69, 9.17) is 11.6 Å². The second-order valence-corrected chi connectivity index (χ2v) is 6.79. The van der Waals surface area contributed by atoms with E-state index in [-0.39, 0.29) is 11.5 Å². The highest BCUT2D eigenvalue weighted by molar-refractivity contribution is 7.89. The Hall–Kier alpha value is -0.820. The molecule has 0 atom stereocenters. The van der Waals surface area contributed by atoms with Gasteiger partial charge >= 0.3 is 0 Å². The van der Waals surface area contributed by atoms with Gasteiger partial charge in [-0.2, -0.15) is 0 Å². The molecule has 2 N–H and O–H groups in total. The fourth-order valence-corrected chi connectivity index (χ4v) is 2.26. The molecule has 102 valence electrons. The summed E-state index contributed by atoms with van der Waals surface area (Å²) in [6, 6.07) is 4.75. The quantitative estimate of drug-likeness (QED) is 0.768. The number of phenols is 1. The number of hydrogen-bond donors (Lipinski definition) is 2. The predicted molar refractivity (Wildman–Crippen MR) is 72.3 cm³/mol. The molecule has 0 spiro atoms. The van der Waals surface area contributed by atoms with E-state index in [9.17, 15) is 13.5 Å². The van der Waals surface area contributed by atoms with E-state index in [1.54, 1.807) is 12.1 Å². The second-order valence-electron chi connectivity index (χ2n) is 4.05. The van der Waals surface area contributed by atoms with Crippen molar-refractivity contribution in [2.75, 3.05) is 26.4 Å². The van der Waals surface area contributed by atoms with Crippen LogP contribution in [0.15, 0.2) is 18.2 Å². The van der Waals surface area contributed by atoms with E-state index in [1.807, 2.05) is 0 Å². The summed E-state index contributed by atoms with van der Waals surface area (Å²) in [5.74, 6) is 0.156. The van der Waals surface area contributed by atoms with Crippen molar-refractivity contribution < 1.29 is 13.5 Å². The van der Waals surface area contributed by atoms with Crippen LogP contribution in [-0.4, -0.2) is 44.2 Å². The summed E-state index contributed by atoms with van der Waals surface area (Å²) in [7, 11) is -0.192. The Kier molecular flexibility index (Phi) is 5.40. The zero-order valence-corrected chi connectivity index (χ0v) is 11.9. The minimum absolute atomic E-state index is 0.0152. The van der Waals surface area contributed by atoms with Crippen LogP contribution >= 0.6 is 11.6 Å². The van der Waals surface area contributed by atoms with Gasteiger partial charge in [0, 0.05) is 37.8 Å². The van der Waals surface area contributed by atoms with Gasteiger partial charge < -0.3 is 10.4 Å². The largest absolute Gasteiger partial charge is 0.508 e. The van der Waals surface area contributed by atoms with Gasteiger partial charge in [0.1, 0.15) is 5.75 Å². The topological polar surface area (TPSA) is 69.6 Å². The lowest BCUT2D eigenvalue weighted by Crippen LogP contribution is -2.31. The molecule has 0 saturated carbocycles. The standard InChI is InChI=1S/C11H17ClN2O3S/c1-14(2)18(16,17)6-5-13-8-9-7-10(12)3-4-11(9)15/h3-4,7,13,15H,5-6,8H2,1-2H3. The molecular weight excluding hydrogens is 276 g/mol. The lowest BCUT2D eigenvalue weighted by atomic mass is 10.2. The van der Waals surface area contributed by atoms with Crippen molar-refractivity contribution in [1.82, 2.24) is 9.62 Å². The van der Waals surface area contributed by atoms with Crippen LogP contribution in [0.3, 0.4) is 0 Å². The number of phenolic OH excluding ortho intramolecular Hbond substituents is 1. The van der Waals surface area contributed by atoms with Crippen LogP contribution in [0.2, 0.25) is 5.02 Å². The number of benzene rings is 1. The minimum atomic E-state index is -3.19. The number of rotatable bonds is 6. The van der Waals surface area contributed by atoms with Crippen LogP contribution in [0, 0.1) is 0 Å². The van der Waals surface area contributed by atoms with Gasteiger partial charge in [-0.05, 0) is 18.2 Å². The summed E-state index contributed by atoms with van der Waals surface area (Å²) < 4.78 is 24.1. The summed E-state index contributed by atoms with van der Waals surface area (Å²) in [4.78, 5) is 0. The van der Waals surface area contributed by atoms with Crippen molar-refractivity contribution in [3.05, 3.63) is 28.8 Å². The molecule has 0 amide bonds. The first-order valence-corrected chi connectivity index (χ1v) is 7.40. The summed E-state index contributed by atoms with van der Waals surface area (Å²) in [5.41, 5.74) is 0.643. The van der Waals surface area contributed by atoms with Crippen molar-refractivity contribution in [2.45, 2.75) is 6.54 Å². The van der Waals surface area contributed by atoms with Crippen molar-refractivity contribution >= 4 is 21.6 Å². The van der Waals surface area contributed by atoms with E-state index in [0.29, 0.717) is 23.7 Å². The first-order chi connectivity index (χ1) is 8.33. The maximum atomic E-state index is 11.5. The Balaban J connectivity index is 2.46. The maximum absolute atomic E-state index is 11.5. The Bertz CT molecular complexity index is 503.